The molecule has 2 aliphatic heterocycles. The van der Waals surface area contributed by atoms with Gasteiger partial charge in [-0.1, -0.05) is 15.9 Å². The summed E-state index contributed by atoms with van der Waals surface area (Å²) in [4.78, 5) is 4.65. The highest BCUT2D eigenvalue weighted by molar-refractivity contribution is 9.10. The lowest BCUT2D eigenvalue weighted by Crippen LogP contribution is -2.42. The van der Waals surface area contributed by atoms with E-state index in [9.17, 15) is 4.39 Å². The minimum atomic E-state index is -0.802. The van der Waals surface area contributed by atoms with Crippen LogP contribution in [0.2, 0.25) is 0 Å². The van der Waals surface area contributed by atoms with Gasteiger partial charge in [-0.25, -0.2) is 4.39 Å². The first-order chi connectivity index (χ1) is 10.1. The average molecular weight is 350 g/mol. The van der Waals surface area contributed by atoms with Crippen molar-refractivity contribution in [2.45, 2.75) is 11.6 Å². The second-order valence-corrected chi connectivity index (χ2v) is 6.29. The lowest BCUT2D eigenvalue weighted by molar-refractivity contribution is 0.176. The third-order valence-electron chi connectivity index (χ3n) is 4.24. The number of aromatic nitrogens is 1. The number of hydrogen-bond donors (Lipinski definition) is 1. The molecule has 6 heteroatoms. The van der Waals surface area contributed by atoms with Crippen molar-refractivity contribution in [3.05, 3.63) is 58.1 Å². The number of nitrogens with zero attached hydrogens (tertiary/aromatic N) is 2. The molecule has 0 saturated carbocycles. The average Bonchev–Trinajstić information content (AvgIpc) is 3.07. The summed E-state index contributed by atoms with van der Waals surface area (Å²) in [6.07, 6.45) is 1.95. The van der Waals surface area contributed by atoms with Gasteiger partial charge in [-0.05, 0) is 30.3 Å². The topological polar surface area (TPSA) is 52.5 Å². The van der Waals surface area contributed by atoms with Crippen LogP contribution in [0.25, 0.3) is 0 Å². The number of rotatable bonds is 1. The monoisotopic (exact) mass is 349 g/mol. The number of ether oxygens (including phenoxy) is 1. The van der Waals surface area contributed by atoms with Gasteiger partial charge in [0.15, 0.2) is 0 Å². The van der Waals surface area contributed by atoms with Gasteiger partial charge in [-0.3, -0.25) is 4.99 Å². The first-order valence-corrected chi connectivity index (χ1v) is 7.47. The van der Waals surface area contributed by atoms with E-state index in [1.807, 2.05) is 22.9 Å². The summed E-state index contributed by atoms with van der Waals surface area (Å²) < 4.78 is 22.9. The summed E-state index contributed by atoms with van der Waals surface area (Å²) in [5.41, 5.74) is 6.67. The Morgan fingerprint density at radius 3 is 3.14 bits per heavy atom. The Balaban J connectivity index is 1.98. The second-order valence-electron chi connectivity index (χ2n) is 5.38. The standard InChI is InChI=1S/C15H13BrFN3O/c16-9-3-4-11(17)10(6-9)15-8-21-7-13(15)20-5-1-2-12(20)14(18)19-15/h1-6,13H,7-8H2,(H2,18,19)/t13-,15+/m0/s1. The fraction of sp³-hybridized carbons (Fsp3) is 0.267. The SMILES string of the molecule is NC1=N[C@@]2(c3cc(Br)ccc3F)COC[C@@H]2n2cccc21. The molecule has 3 heterocycles. The van der Waals surface area contributed by atoms with Gasteiger partial charge in [0, 0.05) is 16.2 Å². The summed E-state index contributed by atoms with van der Waals surface area (Å²) in [5, 5.41) is 0. The van der Waals surface area contributed by atoms with Crippen LogP contribution < -0.4 is 5.73 Å². The minimum absolute atomic E-state index is 0.0846. The van der Waals surface area contributed by atoms with Crippen LogP contribution in [0, 0.1) is 5.82 Å². The maximum atomic E-state index is 14.4. The Bertz CT molecular complexity index is 757. The molecule has 2 atom stereocenters. The number of fused-ring (bicyclic) bond motifs is 3. The van der Waals surface area contributed by atoms with E-state index in [0.717, 1.165) is 10.2 Å². The lowest BCUT2D eigenvalue weighted by atomic mass is 9.84. The lowest BCUT2D eigenvalue weighted by Gasteiger charge is -2.36. The Kier molecular flexibility index (Phi) is 2.74. The molecule has 2 N–H and O–H groups in total. The van der Waals surface area contributed by atoms with Crippen molar-refractivity contribution < 1.29 is 9.13 Å². The third kappa shape index (κ3) is 1.72. The fourth-order valence-corrected chi connectivity index (χ4v) is 3.64. The van der Waals surface area contributed by atoms with E-state index in [-0.39, 0.29) is 11.9 Å². The molecule has 1 aromatic heterocycles. The zero-order valence-electron chi connectivity index (χ0n) is 11.1. The van der Waals surface area contributed by atoms with Gasteiger partial charge >= 0.3 is 0 Å². The molecule has 108 valence electrons. The molecule has 1 saturated heterocycles. The van der Waals surface area contributed by atoms with Gasteiger partial charge in [-0.2, -0.15) is 0 Å². The van der Waals surface area contributed by atoms with Crippen LogP contribution in [0.3, 0.4) is 0 Å². The Labute approximate surface area is 129 Å². The number of aliphatic imine (C=N–C) groups is 1. The molecule has 0 amide bonds. The van der Waals surface area contributed by atoms with Crippen LogP contribution in [-0.2, 0) is 10.3 Å². The van der Waals surface area contributed by atoms with Crippen molar-refractivity contribution in [1.82, 2.24) is 4.57 Å². The van der Waals surface area contributed by atoms with Crippen LogP contribution in [0.15, 0.2) is 46.0 Å². The number of nitrogens with two attached hydrogens (primary N) is 1. The predicted molar refractivity (Wildman–Crippen MR) is 80.8 cm³/mol. The zero-order valence-corrected chi connectivity index (χ0v) is 12.7. The molecule has 2 aromatic rings. The van der Waals surface area contributed by atoms with E-state index >= 15 is 0 Å². The highest BCUT2D eigenvalue weighted by Gasteiger charge is 2.51. The van der Waals surface area contributed by atoms with Gasteiger partial charge in [0.05, 0.1) is 24.9 Å². The third-order valence-corrected chi connectivity index (χ3v) is 4.73. The van der Waals surface area contributed by atoms with Crippen molar-refractivity contribution in [2.75, 3.05) is 13.2 Å². The molecule has 21 heavy (non-hydrogen) atoms. The Morgan fingerprint density at radius 1 is 1.43 bits per heavy atom. The highest BCUT2D eigenvalue weighted by Crippen LogP contribution is 2.46. The van der Waals surface area contributed by atoms with Gasteiger partial charge in [0.2, 0.25) is 0 Å². The van der Waals surface area contributed by atoms with E-state index in [1.165, 1.54) is 6.07 Å². The first kappa shape index (κ1) is 13.0. The molecule has 0 bridgehead atoms. The summed E-state index contributed by atoms with van der Waals surface area (Å²) in [6, 6.07) is 8.64. The normalized spacial score (nSPS) is 27.1. The quantitative estimate of drug-likeness (QED) is 0.860. The Morgan fingerprint density at radius 2 is 2.29 bits per heavy atom. The molecule has 2 aliphatic rings. The molecule has 0 radical (unpaired) electrons. The van der Waals surface area contributed by atoms with E-state index < -0.39 is 5.54 Å². The predicted octanol–water partition coefficient (Wildman–Crippen LogP) is 2.58. The van der Waals surface area contributed by atoms with Crippen molar-refractivity contribution in [1.29, 1.82) is 0 Å². The van der Waals surface area contributed by atoms with Crippen molar-refractivity contribution in [3.8, 4) is 0 Å². The van der Waals surface area contributed by atoms with Crippen LogP contribution >= 0.6 is 15.9 Å². The molecule has 4 rings (SSSR count). The van der Waals surface area contributed by atoms with Crippen molar-refractivity contribution >= 4 is 21.8 Å². The molecule has 0 unspecified atom stereocenters. The number of amidine groups is 1. The highest BCUT2D eigenvalue weighted by atomic mass is 79.9. The molecular weight excluding hydrogens is 337 g/mol. The van der Waals surface area contributed by atoms with E-state index in [2.05, 4.69) is 20.9 Å². The van der Waals surface area contributed by atoms with Crippen LogP contribution in [0.1, 0.15) is 17.3 Å². The van der Waals surface area contributed by atoms with Crippen LogP contribution in [0.4, 0.5) is 4.39 Å². The van der Waals surface area contributed by atoms with E-state index in [4.69, 9.17) is 10.5 Å². The number of halogens is 2. The maximum absolute atomic E-state index is 14.4. The van der Waals surface area contributed by atoms with Crippen LogP contribution in [-0.4, -0.2) is 23.6 Å². The molecule has 1 fully saturated rings. The first-order valence-electron chi connectivity index (χ1n) is 6.68. The van der Waals surface area contributed by atoms with Gasteiger partial charge in [-0.15, -0.1) is 0 Å². The fourth-order valence-electron chi connectivity index (χ4n) is 3.28. The van der Waals surface area contributed by atoms with E-state index in [0.29, 0.717) is 24.6 Å². The number of benzene rings is 1. The molecular formula is C15H13BrFN3O. The summed E-state index contributed by atoms with van der Waals surface area (Å²) >= 11 is 3.40. The zero-order chi connectivity index (χ0) is 14.6. The summed E-state index contributed by atoms with van der Waals surface area (Å²) in [7, 11) is 0. The molecule has 1 aromatic carbocycles. The van der Waals surface area contributed by atoms with Gasteiger partial charge in [0.1, 0.15) is 17.2 Å². The maximum Gasteiger partial charge on any atom is 0.143 e. The minimum Gasteiger partial charge on any atom is -0.382 e. The smallest absolute Gasteiger partial charge is 0.143 e. The van der Waals surface area contributed by atoms with Crippen molar-refractivity contribution in [3.63, 3.8) is 0 Å². The molecule has 0 spiro atoms. The molecule has 0 aliphatic carbocycles. The number of hydrogen-bond acceptors (Lipinski definition) is 3. The Hall–Kier alpha value is -1.66. The summed E-state index contributed by atoms with van der Waals surface area (Å²) in [6.45, 7) is 0.813. The van der Waals surface area contributed by atoms with Crippen molar-refractivity contribution in [2.24, 2.45) is 10.7 Å². The van der Waals surface area contributed by atoms with Gasteiger partial charge < -0.3 is 15.0 Å². The van der Waals surface area contributed by atoms with Gasteiger partial charge in [0.25, 0.3) is 0 Å². The summed E-state index contributed by atoms with van der Waals surface area (Å²) in [5.74, 6) is 0.127. The second kappa shape index (κ2) is 4.42. The largest absolute Gasteiger partial charge is 0.382 e. The molecule has 4 nitrogen and oxygen atoms in total. The van der Waals surface area contributed by atoms with Crippen LogP contribution in [0.5, 0.6) is 0 Å². The van der Waals surface area contributed by atoms with E-state index in [1.54, 1.807) is 12.1 Å².